The minimum Gasteiger partial charge on any atom is -0.376 e. The summed E-state index contributed by atoms with van der Waals surface area (Å²) in [6.45, 7) is 1.94. The van der Waals surface area contributed by atoms with E-state index in [1.54, 1.807) is 0 Å². The van der Waals surface area contributed by atoms with E-state index in [4.69, 9.17) is 0 Å². The number of rotatable bonds is 7. The number of nitrogens with one attached hydrogen (secondary N) is 4. The Morgan fingerprint density at radius 3 is 2.43 bits per heavy atom. The van der Waals surface area contributed by atoms with Crippen LogP contribution in [0, 0.1) is 6.92 Å². The van der Waals surface area contributed by atoms with Crippen molar-refractivity contribution in [1.82, 2.24) is 15.6 Å². The van der Waals surface area contributed by atoms with Gasteiger partial charge in [0.05, 0.1) is 11.4 Å². The van der Waals surface area contributed by atoms with Gasteiger partial charge in [0.25, 0.3) is 11.8 Å². The van der Waals surface area contributed by atoms with Gasteiger partial charge in [-0.2, -0.15) is 0 Å². The number of anilines is 1. The lowest BCUT2D eigenvalue weighted by atomic mass is 10.2. The predicted molar refractivity (Wildman–Crippen MR) is 105 cm³/mol. The summed E-state index contributed by atoms with van der Waals surface area (Å²) in [7, 11) is -3.65. The zero-order valence-electron chi connectivity index (χ0n) is 15.4. The number of benzene rings is 2. The van der Waals surface area contributed by atoms with E-state index in [1.165, 1.54) is 24.3 Å². The number of carbonyl (C=O) groups excluding carboxylic acids is 2. The van der Waals surface area contributed by atoms with Crippen LogP contribution in [-0.4, -0.2) is 32.8 Å². The van der Waals surface area contributed by atoms with Crippen LogP contribution >= 0.6 is 0 Å². The maximum atomic E-state index is 12.2. The van der Waals surface area contributed by atoms with Crippen molar-refractivity contribution in [2.45, 2.75) is 30.7 Å². The fraction of sp³-hybridized carbons (Fsp3) is 0.263. The van der Waals surface area contributed by atoms with Gasteiger partial charge in [-0.1, -0.05) is 23.8 Å². The molecule has 0 spiro atoms. The predicted octanol–water partition coefficient (Wildman–Crippen LogP) is 1.31. The second-order valence-corrected chi connectivity index (χ2v) is 8.36. The third-order valence-corrected chi connectivity index (χ3v) is 5.64. The van der Waals surface area contributed by atoms with Crippen molar-refractivity contribution in [3.8, 4) is 0 Å². The summed E-state index contributed by atoms with van der Waals surface area (Å²) >= 11 is 0. The molecule has 3 rings (SSSR count). The highest BCUT2D eigenvalue weighted by atomic mass is 32.2. The fourth-order valence-electron chi connectivity index (χ4n) is 2.39. The van der Waals surface area contributed by atoms with Gasteiger partial charge in [-0.25, -0.2) is 13.1 Å². The van der Waals surface area contributed by atoms with E-state index in [1.807, 2.05) is 31.2 Å². The van der Waals surface area contributed by atoms with Crippen molar-refractivity contribution in [3.63, 3.8) is 0 Å². The first-order chi connectivity index (χ1) is 13.3. The second-order valence-electron chi connectivity index (χ2n) is 6.65. The molecule has 9 heteroatoms. The molecule has 0 aliphatic heterocycles. The Morgan fingerprint density at radius 2 is 1.75 bits per heavy atom. The number of carbonyl (C=O) groups is 2. The maximum absolute atomic E-state index is 12.2. The average Bonchev–Trinajstić information content (AvgIpc) is 3.49. The normalized spacial score (nSPS) is 13.6. The SMILES string of the molecule is Cc1ccc(NCC(=O)NNC(=O)c2cccc(S(=O)(=O)NC3CC3)c2)cc1. The van der Waals surface area contributed by atoms with Gasteiger partial charge in [0.15, 0.2) is 0 Å². The molecule has 2 aromatic rings. The van der Waals surface area contributed by atoms with E-state index in [0.717, 1.165) is 24.1 Å². The Hall–Kier alpha value is -2.91. The molecule has 0 aromatic heterocycles. The molecule has 1 saturated carbocycles. The molecule has 1 aliphatic carbocycles. The largest absolute Gasteiger partial charge is 0.376 e. The molecule has 0 saturated heterocycles. The van der Waals surface area contributed by atoms with E-state index in [9.17, 15) is 18.0 Å². The van der Waals surface area contributed by atoms with Crippen molar-refractivity contribution in [3.05, 3.63) is 59.7 Å². The highest BCUT2D eigenvalue weighted by Gasteiger charge is 2.28. The van der Waals surface area contributed by atoms with E-state index < -0.39 is 21.8 Å². The van der Waals surface area contributed by atoms with Crippen LogP contribution in [0.4, 0.5) is 5.69 Å². The Bertz CT molecular complexity index is 970. The van der Waals surface area contributed by atoms with Crippen LogP contribution in [0.3, 0.4) is 0 Å². The molecule has 0 bridgehead atoms. The topological polar surface area (TPSA) is 116 Å². The van der Waals surface area contributed by atoms with Gasteiger partial charge in [-0.15, -0.1) is 0 Å². The van der Waals surface area contributed by atoms with Crippen LogP contribution in [0.15, 0.2) is 53.4 Å². The van der Waals surface area contributed by atoms with Crippen molar-refractivity contribution >= 4 is 27.5 Å². The third-order valence-electron chi connectivity index (χ3n) is 4.13. The lowest BCUT2D eigenvalue weighted by Crippen LogP contribution is -2.44. The van der Waals surface area contributed by atoms with E-state index >= 15 is 0 Å². The summed E-state index contributed by atoms with van der Waals surface area (Å²) in [5.74, 6) is -1.04. The first kappa shape index (κ1) is 19.8. The number of aryl methyl sites for hydroxylation is 1. The molecule has 2 aromatic carbocycles. The van der Waals surface area contributed by atoms with Crippen molar-refractivity contribution < 1.29 is 18.0 Å². The molecule has 0 radical (unpaired) electrons. The minimum absolute atomic E-state index is 0.0133. The molecular weight excluding hydrogens is 380 g/mol. The van der Waals surface area contributed by atoms with Gasteiger partial charge < -0.3 is 5.32 Å². The van der Waals surface area contributed by atoms with Crippen molar-refractivity contribution in [2.24, 2.45) is 0 Å². The smallest absolute Gasteiger partial charge is 0.269 e. The number of hydrazine groups is 1. The lowest BCUT2D eigenvalue weighted by molar-refractivity contribution is -0.120. The summed E-state index contributed by atoms with van der Waals surface area (Å²) in [5, 5.41) is 2.94. The summed E-state index contributed by atoms with van der Waals surface area (Å²) in [6, 6.07) is 13.2. The van der Waals surface area contributed by atoms with Crippen LogP contribution in [0.1, 0.15) is 28.8 Å². The highest BCUT2D eigenvalue weighted by Crippen LogP contribution is 2.22. The fourth-order valence-corrected chi connectivity index (χ4v) is 3.74. The average molecular weight is 402 g/mol. The lowest BCUT2D eigenvalue weighted by Gasteiger charge is -2.10. The summed E-state index contributed by atoms with van der Waals surface area (Å²) in [4.78, 5) is 24.1. The molecule has 1 aliphatic rings. The van der Waals surface area contributed by atoms with Gasteiger partial charge >= 0.3 is 0 Å². The van der Waals surface area contributed by atoms with Crippen LogP contribution in [-0.2, 0) is 14.8 Å². The van der Waals surface area contributed by atoms with E-state index in [2.05, 4.69) is 20.9 Å². The molecule has 2 amide bonds. The van der Waals surface area contributed by atoms with Gasteiger partial charge in [-0.05, 0) is 50.1 Å². The summed E-state index contributed by atoms with van der Waals surface area (Å²) in [5.41, 5.74) is 6.60. The monoisotopic (exact) mass is 402 g/mol. The standard InChI is InChI=1S/C19H22N4O4S/c1-13-5-7-15(8-6-13)20-12-18(24)21-22-19(25)14-3-2-4-17(11-14)28(26,27)23-16-9-10-16/h2-8,11,16,20,23H,9-10,12H2,1H3,(H,21,24)(H,22,25). The number of sulfonamides is 1. The quantitative estimate of drug-likeness (QED) is 0.521. The van der Waals surface area contributed by atoms with Gasteiger partial charge in [0.1, 0.15) is 0 Å². The highest BCUT2D eigenvalue weighted by molar-refractivity contribution is 7.89. The maximum Gasteiger partial charge on any atom is 0.269 e. The van der Waals surface area contributed by atoms with Crippen LogP contribution in [0.2, 0.25) is 0 Å². The Balaban J connectivity index is 1.52. The first-order valence-electron chi connectivity index (χ1n) is 8.85. The molecule has 148 valence electrons. The number of amides is 2. The van der Waals surface area contributed by atoms with E-state index in [-0.39, 0.29) is 23.0 Å². The number of hydrogen-bond donors (Lipinski definition) is 4. The molecule has 0 atom stereocenters. The molecular formula is C19H22N4O4S. The zero-order chi connectivity index (χ0) is 20.1. The molecule has 0 heterocycles. The third kappa shape index (κ3) is 5.54. The second kappa shape index (κ2) is 8.41. The zero-order valence-corrected chi connectivity index (χ0v) is 16.2. The Kier molecular flexibility index (Phi) is 5.96. The van der Waals surface area contributed by atoms with Crippen LogP contribution in [0.25, 0.3) is 0 Å². The van der Waals surface area contributed by atoms with Gasteiger partial charge in [-0.3, -0.25) is 20.4 Å². The van der Waals surface area contributed by atoms with Gasteiger partial charge in [0, 0.05) is 17.3 Å². The Morgan fingerprint density at radius 1 is 1.04 bits per heavy atom. The number of hydrogen-bond acceptors (Lipinski definition) is 5. The molecule has 1 fully saturated rings. The Labute approximate surface area is 163 Å². The van der Waals surface area contributed by atoms with E-state index in [0.29, 0.717) is 0 Å². The van der Waals surface area contributed by atoms with Crippen LogP contribution in [0.5, 0.6) is 0 Å². The van der Waals surface area contributed by atoms with Crippen molar-refractivity contribution in [2.75, 3.05) is 11.9 Å². The van der Waals surface area contributed by atoms with Crippen molar-refractivity contribution in [1.29, 1.82) is 0 Å². The molecule has 4 N–H and O–H groups in total. The van der Waals surface area contributed by atoms with Gasteiger partial charge in [0.2, 0.25) is 10.0 Å². The molecule has 28 heavy (non-hydrogen) atoms. The van der Waals surface area contributed by atoms with Crippen LogP contribution < -0.4 is 20.9 Å². The molecule has 8 nitrogen and oxygen atoms in total. The summed E-state index contributed by atoms with van der Waals surface area (Å²) < 4.78 is 27.0. The first-order valence-corrected chi connectivity index (χ1v) is 10.3. The summed E-state index contributed by atoms with van der Waals surface area (Å²) in [6.07, 6.45) is 1.64. The minimum atomic E-state index is -3.65. The molecule has 0 unspecified atom stereocenters.